The Morgan fingerprint density at radius 2 is 1.60 bits per heavy atom. The number of primary sulfonamides is 1. The summed E-state index contributed by atoms with van der Waals surface area (Å²) in [6.07, 6.45) is 1.95. The van der Waals surface area contributed by atoms with E-state index in [1.807, 2.05) is 18.3 Å². The number of sulfonamides is 1. The molecule has 0 fully saturated rings. The Balaban J connectivity index is 0.000000149. The maximum absolute atomic E-state index is 12.6. The number of hydrogen-bond acceptors (Lipinski definition) is 2. The van der Waals surface area contributed by atoms with Gasteiger partial charge in [-0.3, -0.25) is 0 Å². The van der Waals surface area contributed by atoms with E-state index < -0.39 is 20.7 Å². The topological polar surface area (TPSA) is 76.0 Å². The third kappa shape index (κ3) is 3.43. The number of nitrogens with one attached hydrogen (secondary N) is 1. The molecule has 3 rings (SSSR count). The van der Waals surface area contributed by atoms with Gasteiger partial charge in [0.05, 0.1) is 0 Å². The van der Waals surface area contributed by atoms with Crippen LogP contribution in [0.5, 0.6) is 0 Å². The van der Waals surface area contributed by atoms with Crippen LogP contribution < -0.4 is 5.14 Å². The van der Waals surface area contributed by atoms with E-state index in [0.717, 1.165) is 12.1 Å². The Morgan fingerprint density at radius 1 is 0.950 bits per heavy atom. The van der Waals surface area contributed by atoms with Gasteiger partial charge in [0.25, 0.3) is 0 Å². The monoisotopic (exact) mass is 292 g/mol. The van der Waals surface area contributed by atoms with Crippen molar-refractivity contribution < 1.29 is 12.8 Å². The minimum atomic E-state index is -3.91. The van der Waals surface area contributed by atoms with Crippen molar-refractivity contribution in [2.45, 2.75) is 4.90 Å². The Labute approximate surface area is 116 Å². The fourth-order valence-corrected chi connectivity index (χ4v) is 2.28. The van der Waals surface area contributed by atoms with Gasteiger partial charge >= 0.3 is 0 Å². The van der Waals surface area contributed by atoms with Gasteiger partial charge in [-0.15, -0.1) is 0 Å². The second kappa shape index (κ2) is 5.85. The number of rotatable bonds is 1. The number of H-pyrrole nitrogens is 1. The van der Waals surface area contributed by atoms with E-state index in [-0.39, 0.29) is 0 Å². The standard InChI is InChI=1S/C8H7N.C6H6FNO2S/c1-2-4-8-7(3-1)5-6-9-8;7-5-3-1-2-4-6(5)11(8,9)10/h1-6,9H;1-4H,(H2,8,9,10). The fourth-order valence-electron chi connectivity index (χ4n) is 1.67. The molecule has 6 heteroatoms. The summed E-state index contributed by atoms with van der Waals surface area (Å²) >= 11 is 0. The molecule has 0 aliphatic carbocycles. The molecule has 0 aliphatic heterocycles. The van der Waals surface area contributed by atoms with E-state index in [1.54, 1.807) is 0 Å². The molecule has 3 N–H and O–H groups in total. The highest BCUT2D eigenvalue weighted by Gasteiger charge is 2.11. The largest absolute Gasteiger partial charge is 0.361 e. The number of hydrogen-bond donors (Lipinski definition) is 2. The summed E-state index contributed by atoms with van der Waals surface area (Å²) in [6.45, 7) is 0. The molecular weight excluding hydrogens is 279 g/mol. The van der Waals surface area contributed by atoms with Crippen molar-refractivity contribution in [2.75, 3.05) is 0 Å². The average Bonchev–Trinajstić information content (AvgIpc) is 2.87. The molecule has 0 saturated carbocycles. The molecule has 3 aromatic rings. The van der Waals surface area contributed by atoms with E-state index in [0.29, 0.717) is 0 Å². The van der Waals surface area contributed by atoms with Crippen molar-refractivity contribution in [1.82, 2.24) is 4.98 Å². The first-order valence-electron chi connectivity index (χ1n) is 5.78. The number of fused-ring (bicyclic) bond motifs is 1. The highest BCUT2D eigenvalue weighted by Crippen LogP contribution is 2.10. The fraction of sp³-hybridized carbons (Fsp3) is 0. The van der Waals surface area contributed by atoms with Crippen molar-refractivity contribution in [3.05, 3.63) is 66.6 Å². The lowest BCUT2D eigenvalue weighted by Crippen LogP contribution is -2.13. The molecule has 0 saturated heterocycles. The number of halogens is 1. The zero-order valence-electron chi connectivity index (χ0n) is 10.5. The summed E-state index contributed by atoms with van der Waals surface area (Å²) in [4.78, 5) is 2.65. The molecule has 0 spiro atoms. The molecule has 0 radical (unpaired) electrons. The molecule has 0 unspecified atom stereocenters. The van der Waals surface area contributed by atoms with Crippen LogP contribution in [-0.2, 0) is 10.0 Å². The second-order valence-corrected chi connectivity index (χ2v) is 5.57. The van der Waals surface area contributed by atoms with Crippen LogP contribution in [0.15, 0.2) is 65.7 Å². The third-order valence-electron chi connectivity index (χ3n) is 2.61. The molecule has 104 valence electrons. The van der Waals surface area contributed by atoms with E-state index >= 15 is 0 Å². The van der Waals surface area contributed by atoms with Crippen molar-refractivity contribution in [3.63, 3.8) is 0 Å². The lowest BCUT2D eigenvalue weighted by Gasteiger charge is -1.97. The normalized spacial score (nSPS) is 10.9. The molecule has 0 bridgehead atoms. The van der Waals surface area contributed by atoms with Crippen molar-refractivity contribution in [2.24, 2.45) is 5.14 Å². The van der Waals surface area contributed by atoms with Gasteiger partial charge in [0, 0.05) is 11.7 Å². The Morgan fingerprint density at radius 3 is 2.20 bits per heavy atom. The SMILES string of the molecule is NS(=O)(=O)c1ccccc1F.c1ccc2[nH]ccc2c1. The van der Waals surface area contributed by atoms with Gasteiger partial charge in [-0.05, 0) is 29.7 Å². The number of benzene rings is 2. The average molecular weight is 292 g/mol. The maximum atomic E-state index is 12.6. The summed E-state index contributed by atoms with van der Waals surface area (Å²) < 4.78 is 33.8. The first kappa shape index (κ1) is 14.2. The van der Waals surface area contributed by atoms with E-state index in [4.69, 9.17) is 0 Å². The lowest BCUT2D eigenvalue weighted by atomic mass is 10.3. The molecule has 1 heterocycles. The summed E-state index contributed by atoms with van der Waals surface area (Å²) in [6, 6.07) is 15.2. The predicted molar refractivity (Wildman–Crippen MR) is 76.1 cm³/mol. The van der Waals surface area contributed by atoms with Gasteiger partial charge in [0.1, 0.15) is 10.7 Å². The van der Waals surface area contributed by atoms with Gasteiger partial charge in [-0.2, -0.15) is 0 Å². The van der Waals surface area contributed by atoms with E-state index in [2.05, 4.69) is 28.3 Å². The zero-order chi connectivity index (χ0) is 14.6. The van der Waals surface area contributed by atoms with Gasteiger partial charge in [-0.25, -0.2) is 17.9 Å². The smallest absolute Gasteiger partial charge is 0.240 e. The number of aromatic nitrogens is 1. The zero-order valence-corrected chi connectivity index (χ0v) is 11.3. The van der Waals surface area contributed by atoms with Gasteiger partial charge in [0.15, 0.2) is 0 Å². The van der Waals surface area contributed by atoms with Crippen molar-refractivity contribution in [1.29, 1.82) is 0 Å². The van der Waals surface area contributed by atoms with E-state index in [9.17, 15) is 12.8 Å². The number of para-hydroxylation sites is 1. The molecule has 4 nitrogen and oxygen atoms in total. The molecular formula is C14H13FN2O2S. The van der Waals surface area contributed by atoms with Crippen molar-refractivity contribution >= 4 is 20.9 Å². The Hall–Kier alpha value is -2.18. The lowest BCUT2D eigenvalue weighted by molar-refractivity contribution is 0.568. The third-order valence-corrected chi connectivity index (χ3v) is 3.55. The van der Waals surface area contributed by atoms with Crippen LogP contribution in [0.1, 0.15) is 0 Å². The highest BCUT2D eigenvalue weighted by atomic mass is 32.2. The molecule has 0 atom stereocenters. The van der Waals surface area contributed by atoms with Crippen LogP contribution in [0.2, 0.25) is 0 Å². The quantitative estimate of drug-likeness (QED) is 0.723. The van der Waals surface area contributed by atoms with Gasteiger partial charge in [0.2, 0.25) is 10.0 Å². The summed E-state index contributed by atoms with van der Waals surface area (Å²) in [5.41, 5.74) is 1.21. The van der Waals surface area contributed by atoms with Crippen LogP contribution >= 0.6 is 0 Å². The first-order chi connectivity index (χ1) is 9.48. The number of aromatic amines is 1. The molecule has 2 aromatic carbocycles. The van der Waals surface area contributed by atoms with Crippen LogP contribution in [0.3, 0.4) is 0 Å². The Bertz CT molecular complexity index is 782. The van der Waals surface area contributed by atoms with Crippen LogP contribution in [0, 0.1) is 5.82 Å². The molecule has 0 amide bonds. The summed E-state index contributed by atoms with van der Waals surface area (Å²) in [5.74, 6) is -0.824. The molecule has 20 heavy (non-hydrogen) atoms. The number of nitrogens with two attached hydrogens (primary N) is 1. The van der Waals surface area contributed by atoms with Crippen LogP contribution in [0.25, 0.3) is 10.9 Å². The predicted octanol–water partition coefficient (Wildman–Crippen LogP) is 2.64. The van der Waals surface area contributed by atoms with Gasteiger partial charge < -0.3 is 4.98 Å². The Kier molecular flexibility index (Phi) is 4.16. The van der Waals surface area contributed by atoms with Crippen LogP contribution in [0.4, 0.5) is 4.39 Å². The molecule has 1 aromatic heterocycles. The summed E-state index contributed by atoms with van der Waals surface area (Å²) in [7, 11) is -3.91. The highest BCUT2D eigenvalue weighted by molar-refractivity contribution is 7.89. The van der Waals surface area contributed by atoms with Crippen molar-refractivity contribution in [3.8, 4) is 0 Å². The first-order valence-corrected chi connectivity index (χ1v) is 7.32. The second-order valence-electron chi connectivity index (χ2n) is 4.04. The van der Waals surface area contributed by atoms with Crippen LogP contribution in [-0.4, -0.2) is 13.4 Å². The maximum Gasteiger partial charge on any atom is 0.240 e. The molecule has 0 aliphatic rings. The minimum absolute atomic E-state index is 0.472. The summed E-state index contributed by atoms with van der Waals surface area (Å²) in [5, 5.41) is 5.97. The minimum Gasteiger partial charge on any atom is -0.361 e. The van der Waals surface area contributed by atoms with Gasteiger partial charge in [-0.1, -0.05) is 30.3 Å². The van der Waals surface area contributed by atoms with E-state index in [1.165, 1.54) is 23.0 Å².